The number of halogens is 2. The highest BCUT2D eigenvalue weighted by Crippen LogP contribution is 2.32. The van der Waals surface area contributed by atoms with Crippen molar-refractivity contribution < 1.29 is 9.13 Å². The second kappa shape index (κ2) is 7.77. The number of aliphatic imine (C=N–C) groups is 1. The number of hydrogen-bond acceptors (Lipinski definition) is 3. The zero-order valence-electron chi connectivity index (χ0n) is 11.8. The van der Waals surface area contributed by atoms with Crippen LogP contribution in [-0.2, 0) is 6.42 Å². The zero-order chi connectivity index (χ0) is 14.7. The Morgan fingerprint density at radius 2 is 2.32 bits per heavy atom. The molecule has 118 valence electrons. The normalized spacial score (nSPS) is 16.6. The summed E-state index contributed by atoms with van der Waals surface area (Å²) in [7, 11) is 0. The molecule has 2 heterocycles. The molecule has 0 amide bonds. The van der Waals surface area contributed by atoms with E-state index in [9.17, 15) is 4.39 Å². The van der Waals surface area contributed by atoms with Crippen LogP contribution >= 0.6 is 35.3 Å². The van der Waals surface area contributed by atoms with Crippen LogP contribution in [0.3, 0.4) is 0 Å². The minimum absolute atomic E-state index is 0. The smallest absolute Gasteiger partial charge is 0.189 e. The van der Waals surface area contributed by atoms with E-state index >= 15 is 0 Å². The first-order valence-corrected chi connectivity index (χ1v) is 7.61. The van der Waals surface area contributed by atoms with E-state index in [1.54, 1.807) is 17.4 Å². The lowest BCUT2D eigenvalue weighted by Crippen LogP contribution is -2.36. The zero-order valence-corrected chi connectivity index (χ0v) is 14.9. The Kier molecular flexibility index (Phi) is 6.01. The highest BCUT2D eigenvalue weighted by Gasteiger charge is 2.24. The third-order valence-electron chi connectivity index (χ3n) is 3.30. The molecule has 1 atom stereocenters. The van der Waals surface area contributed by atoms with Crippen molar-refractivity contribution >= 4 is 41.3 Å². The van der Waals surface area contributed by atoms with Gasteiger partial charge in [-0.05, 0) is 29.6 Å². The van der Waals surface area contributed by atoms with Crippen LogP contribution in [0.25, 0.3) is 0 Å². The van der Waals surface area contributed by atoms with Crippen molar-refractivity contribution in [2.45, 2.75) is 12.5 Å². The summed E-state index contributed by atoms with van der Waals surface area (Å²) >= 11 is 1.71. The number of benzene rings is 1. The summed E-state index contributed by atoms with van der Waals surface area (Å²) in [6.07, 6.45) is 0.867. The number of guanidine groups is 1. The number of nitrogens with two attached hydrogens (primary N) is 1. The standard InChI is InChI=1S/C15H16FN3OS.HI/c16-10-3-4-14-12(8-10)13(9-20-14)19-15(17)18-6-5-11-2-1-7-21-11;/h1-4,7-8,13H,5-6,9H2,(H3,17,18,19);1H. The molecule has 1 aromatic heterocycles. The predicted molar refractivity (Wildman–Crippen MR) is 97.7 cm³/mol. The molecule has 22 heavy (non-hydrogen) atoms. The summed E-state index contributed by atoms with van der Waals surface area (Å²) in [4.78, 5) is 5.58. The fourth-order valence-corrected chi connectivity index (χ4v) is 2.97. The Hall–Kier alpha value is -1.35. The monoisotopic (exact) mass is 433 g/mol. The molecule has 1 aliphatic rings. The molecule has 1 unspecified atom stereocenters. The average Bonchev–Trinajstić information content (AvgIpc) is 3.09. The predicted octanol–water partition coefficient (Wildman–Crippen LogP) is 3.09. The molecule has 3 N–H and O–H groups in total. The topological polar surface area (TPSA) is 59.6 Å². The van der Waals surface area contributed by atoms with Crippen molar-refractivity contribution in [2.24, 2.45) is 10.7 Å². The maximum atomic E-state index is 13.3. The maximum Gasteiger partial charge on any atom is 0.189 e. The van der Waals surface area contributed by atoms with E-state index in [1.807, 2.05) is 11.4 Å². The summed E-state index contributed by atoms with van der Waals surface area (Å²) in [5.74, 6) is 0.775. The fourth-order valence-electron chi connectivity index (χ4n) is 2.27. The lowest BCUT2D eigenvalue weighted by molar-refractivity contribution is 0.324. The molecule has 1 aliphatic heterocycles. The number of nitrogens with one attached hydrogen (secondary N) is 1. The van der Waals surface area contributed by atoms with Crippen LogP contribution in [0.1, 0.15) is 16.5 Å². The van der Waals surface area contributed by atoms with Crippen molar-refractivity contribution in [3.05, 3.63) is 52.0 Å². The SMILES string of the molecule is I.NC(=NCCc1cccs1)NC1COc2ccc(F)cc21. The van der Waals surface area contributed by atoms with Crippen molar-refractivity contribution in [1.82, 2.24) is 5.32 Å². The second-order valence-corrected chi connectivity index (χ2v) is 5.82. The van der Waals surface area contributed by atoms with Crippen molar-refractivity contribution in [3.8, 4) is 5.75 Å². The van der Waals surface area contributed by atoms with E-state index < -0.39 is 0 Å². The number of fused-ring (bicyclic) bond motifs is 1. The second-order valence-electron chi connectivity index (χ2n) is 4.79. The lowest BCUT2D eigenvalue weighted by Gasteiger charge is -2.12. The summed E-state index contributed by atoms with van der Waals surface area (Å²) in [5.41, 5.74) is 6.66. The Morgan fingerprint density at radius 3 is 3.09 bits per heavy atom. The number of nitrogens with zero attached hydrogens (tertiary/aromatic N) is 1. The Labute approximate surface area is 149 Å². The Bertz CT molecular complexity index is 648. The molecule has 0 saturated carbocycles. The molecule has 0 saturated heterocycles. The Balaban J connectivity index is 0.00000176. The van der Waals surface area contributed by atoms with Gasteiger partial charge >= 0.3 is 0 Å². The first-order chi connectivity index (χ1) is 10.2. The largest absolute Gasteiger partial charge is 0.491 e. The van der Waals surface area contributed by atoms with Crippen LogP contribution in [-0.4, -0.2) is 19.1 Å². The summed E-state index contributed by atoms with van der Waals surface area (Å²) in [6.45, 7) is 1.06. The summed E-state index contributed by atoms with van der Waals surface area (Å²) in [6, 6.07) is 8.44. The van der Waals surface area contributed by atoms with Gasteiger partial charge in [-0.3, -0.25) is 4.99 Å². The van der Waals surface area contributed by atoms with E-state index in [1.165, 1.54) is 17.0 Å². The molecule has 0 fully saturated rings. The molecule has 4 nitrogen and oxygen atoms in total. The third kappa shape index (κ3) is 4.10. The highest BCUT2D eigenvalue weighted by molar-refractivity contribution is 14.0. The van der Waals surface area contributed by atoms with E-state index in [0.29, 0.717) is 24.9 Å². The van der Waals surface area contributed by atoms with Gasteiger partial charge in [0.15, 0.2) is 5.96 Å². The lowest BCUT2D eigenvalue weighted by atomic mass is 10.1. The van der Waals surface area contributed by atoms with E-state index in [2.05, 4.69) is 16.4 Å². The number of hydrogen-bond donors (Lipinski definition) is 2. The van der Waals surface area contributed by atoms with Crippen LogP contribution in [0.2, 0.25) is 0 Å². The summed E-state index contributed by atoms with van der Waals surface area (Å²) in [5, 5.41) is 5.13. The number of rotatable bonds is 4. The average molecular weight is 433 g/mol. The highest BCUT2D eigenvalue weighted by atomic mass is 127. The number of ether oxygens (including phenoxy) is 1. The molecule has 1 aromatic carbocycles. The van der Waals surface area contributed by atoms with Gasteiger partial charge in [0.05, 0.1) is 6.04 Å². The van der Waals surface area contributed by atoms with Crippen LogP contribution in [0.15, 0.2) is 40.7 Å². The molecule has 7 heteroatoms. The van der Waals surface area contributed by atoms with E-state index in [4.69, 9.17) is 10.5 Å². The van der Waals surface area contributed by atoms with E-state index in [0.717, 1.165) is 12.0 Å². The molecular weight excluding hydrogens is 416 g/mol. The Morgan fingerprint density at radius 1 is 1.45 bits per heavy atom. The molecule has 0 bridgehead atoms. The van der Waals surface area contributed by atoms with Crippen molar-refractivity contribution in [2.75, 3.05) is 13.2 Å². The first-order valence-electron chi connectivity index (χ1n) is 6.73. The van der Waals surface area contributed by atoms with Gasteiger partial charge in [0.2, 0.25) is 0 Å². The minimum atomic E-state index is -0.278. The van der Waals surface area contributed by atoms with Gasteiger partial charge in [0.1, 0.15) is 18.2 Å². The minimum Gasteiger partial charge on any atom is -0.491 e. The van der Waals surface area contributed by atoms with Gasteiger partial charge in [-0.2, -0.15) is 0 Å². The quantitative estimate of drug-likeness (QED) is 0.443. The van der Waals surface area contributed by atoms with Gasteiger partial charge in [0.25, 0.3) is 0 Å². The van der Waals surface area contributed by atoms with E-state index in [-0.39, 0.29) is 35.8 Å². The summed E-state index contributed by atoms with van der Waals surface area (Å²) < 4.78 is 18.8. The fraction of sp³-hybridized carbons (Fsp3) is 0.267. The van der Waals surface area contributed by atoms with Gasteiger partial charge in [-0.1, -0.05) is 6.07 Å². The maximum absolute atomic E-state index is 13.3. The molecule has 3 rings (SSSR count). The molecular formula is C15H17FIN3OS. The van der Waals surface area contributed by atoms with Crippen molar-refractivity contribution in [1.29, 1.82) is 0 Å². The van der Waals surface area contributed by atoms with Crippen molar-refractivity contribution in [3.63, 3.8) is 0 Å². The van der Waals surface area contributed by atoms with Gasteiger partial charge in [0, 0.05) is 23.4 Å². The molecule has 0 spiro atoms. The molecule has 0 aliphatic carbocycles. The molecule has 0 radical (unpaired) electrons. The van der Waals surface area contributed by atoms with Gasteiger partial charge in [-0.25, -0.2) is 4.39 Å². The van der Waals surface area contributed by atoms with Gasteiger partial charge < -0.3 is 15.8 Å². The third-order valence-corrected chi connectivity index (χ3v) is 4.23. The van der Waals surface area contributed by atoms with Gasteiger partial charge in [-0.15, -0.1) is 35.3 Å². The van der Waals surface area contributed by atoms with Crippen LogP contribution in [0, 0.1) is 5.82 Å². The number of thiophene rings is 1. The molecule has 2 aromatic rings. The van der Waals surface area contributed by atoms with Crippen LogP contribution in [0.4, 0.5) is 4.39 Å². The van der Waals surface area contributed by atoms with Crippen LogP contribution in [0.5, 0.6) is 5.75 Å². The van der Waals surface area contributed by atoms with Crippen LogP contribution < -0.4 is 15.8 Å². The first kappa shape index (κ1) is 17.0.